The zero-order valence-electron chi connectivity index (χ0n) is 16.9. The lowest BCUT2D eigenvalue weighted by Crippen LogP contribution is -2.30. The van der Waals surface area contributed by atoms with Crippen molar-refractivity contribution in [2.24, 2.45) is 5.92 Å². The minimum absolute atomic E-state index is 0.0121. The summed E-state index contributed by atoms with van der Waals surface area (Å²) in [7, 11) is 0. The number of nitrogens with zero attached hydrogens (tertiary/aromatic N) is 4. The molecule has 3 aromatic rings. The summed E-state index contributed by atoms with van der Waals surface area (Å²) in [6.45, 7) is 0.690. The van der Waals surface area contributed by atoms with Crippen LogP contribution in [0, 0.1) is 5.92 Å². The quantitative estimate of drug-likeness (QED) is 0.634. The molecule has 2 amide bonds. The van der Waals surface area contributed by atoms with Crippen molar-refractivity contribution in [3.8, 4) is 5.69 Å². The van der Waals surface area contributed by atoms with Gasteiger partial charge in [-0.2, -0.15) is 18.3 Å². The molecule has 7 nitrogen and oxygen atoms in total. The number of carbonyl (C=O) groups excluding carboxylic acids is 2. The molecule has 1 unspecified atom stereocenters. The number of likely N-dealkylation sites (tertiary alicyclic amines) is 1. The van der Waals surface area contributed by atoms with Crippen molar-refractivity contribution in [3.63, 3.8) is 0 Å². The molecule has 10 heteroatoms. The normalized spacial score (nSPS) is 16.4. The summed E-state index contributed by atoms with van der Waals surface area (Å²) in [6.07, 6.45) is -1.34. The van der Waals surface area contributed by atoms with Gasteiger partial charge >= 0.3 is 6.18 Å². The molecule has 1 N–H and O–H groups in total. The van der Waals surface area contributed by atoms with Crippen molar-refractivity contribution in [1.29, 1.82) is 0 Å². The Bertz CT molecular complexity index is 1100. The SMILES string of the molecule is O=C(Nc1cc(C(F)(F)F)ccc1-n1cncn1)C1CC(=O)N(CCc2ccccc2)C1. The van der Waals surface area contributed by atoms with Gasteiger partial charge in [0, 0.05) is 19.5 Å². The van der Waals surface area contributed by atoms with Crippen LogP contribution in [0.2, 0.25) is 0 Å². The van der Waals surface area contributed by atoms with Crippen LogP contribution in [0.4, 0.5) is 18.9 Å². The Balaban J connectivity index is 1.48. The molecule has 1 aliphatic heterocycles. The van der Waals surface area contributed by atoms with Crippen LogP contribution in [-0.4, -0.2) is 44.6 Å². The molecular weight excluding hydrogens is 423 g/mol. The van der Waals surface area contributed by atoms with Crippen molar-refractivity contribution >= 4 is 17.5 Å². The molecule has 1 aliphatic rings. The number of hydrogen-bond acceptors (Lipinski definition) is 4. The molecule has 0 aliphatic carbocycles. The Kier molecular flexibility index (Phi) is 5.93. The lowest BCUT2D eigenvalue weighted by atomic mass is 10.1. The van der Waals surface area contributed by atoms with Gasteiger partial charge in [0.05, 0.1) is 22.9 Å². The van der Waals surface area contributed by atoms with Crippen LogP contribution in [-0.2, 0) is 22.2 Å². The number of carbonyl (C=O) groups is 2. The first-order valence-corrected chi connectivity index (χ1v) is 10.00. The van der Waals surface area contributed by atoms with Gasteiger partial charge < -0.3 is 10.2 Å². The number of hydrogen-bond donors (Lipinski definition) is 1. The Morgan fingerprint density at radius 2 is 1.94 bits per heavy atom. The molecule has 166 valence electrons. The van der Waals surface area contributed by atoms with Gasteiger partial charge in [-0.1, -0.05) is 30.3 Å². The van der Waals surface area contributed by atoms with E-state index in [1.165, 1.54) is 23.4 Å². The average molecular weight is 443 g/mol. The first-order chi connectivity index (χ1) is 15.3. The average Bonchev–Trinajstić information content (AvgIpc) is 3.42. The molecule has 32 heavy (non-hydrogen) atoms. The smallest absolute Gasteiger partial charge is 0.342 e. The van der Waals surface area contributed by atoms with Gasteiger partial charge in [0.2, 0.25) is 11.8 Å². The highest BCUT2D eigenvalue weighted by atomic mass is 19.4. The third-order valence-electron chi connectivity index (χ3n) is 5.35. The second-order valence-corrected chi connectivity index (χ2v) is 7.54. The lowest BCUT2D eigenvalue weighted by Gasteiger charge is -2.18. The minimum Gasteiger partial charge on any atom is -0.342 e. The summed E-state index contributed by atoms with van der Waals surface area (Å²) < 4.78 is 40.9. The Morgan fingerprint density at radius 3 is 2.62 bits per heavy atom. The van der Waals surface area contributed by atoms with E-state index in [0.29, 0.717) is 13.0 Å². The maximum absolute atomic E-state index is 13.2. The Hall–Kier alpha value is -3.69. The van der Waals surface area contributed by atoms with E-state index in [4.69, 9.17) is 0 Å². The van der Waals surface area contributed by atoms with E-state index >= 15 is 0 Å². The number of amides is 2. The Labute approximate surface area is 181 Å². The number of aromatic nitrogens is 3. The van der Waals surface area contributed by atoms with E-state index in [2.05, 4.69) is 15.4 Å². The third kappa shape index (κ3) is 4.79. The highest BCUT2D eigenvalue weighted by Gasteiger charge is 2.35. The number of halogens is 3. The molecular formula is C22H20F3N5O2. The zero-order chi connectivity index (χ0) is 22.7. The third-order valence-corrected chi connectivity index (χ3v) is 5.35. The van der Waals surface area contributed by atoms with E-state index in [1.54, 1.807) is 4.90 Å². The number of alkyl halides is 3. The van der Waals surface area contributed by atoms with Gasteiger partial charge in [0.15, 0.2) is 0 Å². The lowest BCUT2D eigenvalue weighted by molar-refractivity contribution is -0.137. The summed E-state index contributed by atoms with van der Waals surface area (Å²) in [5, 5.41) is 6.49. The molecule has 0 spiro atoms. The van der Waals surface area contributed by atoms with Crippen LogP contribution < -0.4 is 5.32 Å². The minimum atomic E-state index is -4.57. The summed E-state index contributed by atoms with van der Waals surface area (Å²) in [5.41, 5.74) is 0.373. The molecule has 0 saturated carbocycles. The van der Waals surface area contributed by atoms with Crippen LogP contribution in [0.1, 0.15) is 17.5 Å². The number of benzene rings is 2. The van der Waals surface area contributed by atoms with E-state index in [9.17, 15) is 22.8 Å². The predicted octanol–water partition coefficient (Wildman–Crippen LogP) is 3.32. The maximum atomic E-state index is 13.2. The molecule has 1 atom stereocenters. The van der Waals surface area contributed by atoms with E-state index < -0.39 is 23.6 Å². The second kappa shape index (κ2) is 8.81. The molecule has 1 aromatic heterocycles. The molecule has 0 radical (unpaired) electrons. The fourth-order valence-electron chi connectivity index (χ4n) is 3.65. The van der Waals surface area contributed by atoms with Crippen LogP contribution in [0.15, 0.2) is 61.2 Å². The number of anilines is 1. The molecule has 1 fully saturated rings. The van der Waals surface area contributed by atoms with E-state index in [0.717, 1.165) is 17.7 Å². The van der Waals surface area contributed by atoms with Gasteiger partial charge in [-0.3, -0.25) is 9.59 Å². The highest BCUT2D eigenvalue weighted by Crippen LogP contribution is 2.33. The fraction of sp³-hybridized carbons (Fsp3) is 0.273. The summed E-state index contributed by atoms with van der Waals surface area (Å²) in [5.74, 6) is -1.32. The van der Waals surface area contributed by atoms with Crippen LogP contribution in [0.5, 0.6) is 0 Å². The number of nitrogens with one attached hydrogen (secondary N) is 1. The summed E-state index contributed by atoms with van der Waals surface area (Å²) >= 11 is 0. The summed E-state index contributed by atoms with van der Waals surface area (Å²) in [6, 6.07) is 12.7. The van der Waals surface area contributed by atoms with E-state index in [-0.39, 0.29) is 30.2 Å². The van der Waals surface area contributed by atoms with Crippen molar-refractivity contribution in [1.82, 2.24) is 19.7 Å². The summed E-state index contributed by atoms with van der Waals surface area (Å²) in [4.78, 5) is 30.6. The van der Waals surface area contributed by atoms with Gasteiger partial charge in [0.25, 0.3) is 0 Å². The zero-order valence-corrected chi connectivity index (χ0v) is 16.9. The predicted molar refractivity (Wildman–Crippen MR) is 110 cm³/mol. The van der Waals surface area contributed by atoms with Crippen molar-refractivity contribution in [2.75, 3.05) is 18.4 Å². The van der Waals surface area contributed by atoms with Crippen molar-refractivity contribution < 1.29 is 22.8 Å². The highest BCUT2D eigenvalue weighted by molar-refractivity contribution is 5.98. The largest absolute Gasteiger partial charge is 0.416 e. The standard InChI is InChI=1S/C22H20F3N5O2/c23-22(24,25)17-6-7-19(30-14-26-13-27-30)18(11-17)28-21(32)16-10-20(31)29(12-16)9-8-15-4-2-1-3-5-15/h1-7,11,13-14,16H,8-10,12H2,(H,28,32). The molecule has 1 saturated heterocycles. The second-order valence-electron chi connectivity index (χ2n) is 7.54. The van der Waals surface area contributed by atoms with Gasteiger partial charge in [-0.05, 0) is 30.2 Å². The van der Waals surface area contributed by atoms with Gasteiger partial charge in [0.1, 0.15) is 12.7 Å². The maximum Gasteiger partial charge on any atom is 0.416 e. The monoisotopic (exact) mass is 443 g/mol. The van der Waals surface area contributed by atoms with Crippen LogP contribution in [0.25, 0.3) is 5.69 Å². The first kappa shape index (κ1) is 21.5. The topological polar surface area (TPSA) is 80.1 Å². The van der Waals surface area contributed by atoms with Crippen molar-refractivity contribution in [2.45, 2.75) is 19.0 Å². The van der Waals surface area contributed by atoms with Gasteiger partial charge in [-0.25, -0.2) is 9.67 Å². The van der Waals surface area contributed by atoms with Gasteiger partial charge in [-0.15, -0.1) is 0 Å². The molecule has 4 rings (SSSR count). The molecule has 2 heterocycles. The van der Waals surface area contributed by atoms with Crippen LogP contribution >= 0.6 is 0 Å². The fourth-order valence-corrected chi connectivity index (χ4v) is 3.65. The molecule has 2 aromatic carbocycles. The first-order valence-electron chi connectivity index (χ1n) is 10.00. The molecule has 0 bridgehead atoms. The van der Waals surface area contributed by atoms with E-state index in [1.807, 2.05) is 30.3 Å². The van der Waals surface area contributed by atoms with Crippen LogP contribution in [0.3, 0.4) is 0 Å². The van der Waals surface area contributed by atoms with Crippen molar-refractivity contribution in [3.05, 3.63) is 72.3 Å². The Morgan fingerprint density at radius 1 is 1.16 bits per heavy atom. The number of rotatable bonds is 6.